The van der Waals surface area contributed by atoms with Crippen molar-refractivity contribution in [1.82, 2.24) is 19.4 Å². The summed E-state index contributed by atoms with van der Waals surface area (Å²) in [5.74, 6) is 0.904. The summed E-state index contributed by atoms with van der Waals surface area (Å²) in [7, 11) is 2.07. The molecule has 3 heterocycles. The number of amides is 1. The molecule has 1 fully saturated rings. The highest BCUT2D eigenvalue weighted by molar-refractivity contribution is 7.99. The van der Waals surface area contributed by atoms with Crippen molar-refractivity contribution < 1.29 is 4.79 Å². The summed E-state index contributed by atoms with van der Waals surface area (Å²) in [4.78, 5) is 33.6. The van der Waals surface area contributed by atoms with E-state index in [0.29, 0.717) is 12.0 Å². The Labute approximate surface area is 134 Å². The molecule has 0 bridgehead atoms. The van der Waals surface area contributed by atoms with Crippen LogP contribution in [0.25, 0.3) is 0 Å². The van der Waals surface area contributed by atoms with Crippen molar-refractivity contribution >= 4 is 17.7 Å². The molecule has 7 heteroatoms. The number of piperazine rings is 1. The molecule has 1 atom stereocenters. The minimum Gasteiger partial charge on any atom is -0.340 e. The number of rotatable bonds is 2. The van der Waals surface area contributed by atoms with Crippen LogP contribution in [-0.4, -0.2) is 64.2 Å². The first-order valence-corrected chi connectivity index (χ1v) is 8.65. The predicted molar refractivity (Wildman–Crippen MR) is 86.4 cm³/mol. The van der Waals surface area contributed by atoms with Crippen LogP contribution in [0.3, 0.4) is 0 Å². The molecule has 0 radical (unpaired) electrons. The predicted octanol–water partition coefficient (Wildman–Crippen LogP) is 0.671. The lowest BCUT2D eigenvalue weighted by Crippen LogP contribution is -2.47. The van der Waals surface area contributed by atoms with Crippen molar-refractivity contribution in [3.63, 3.8) is 0 Å². The fourth-order valence-corrected chi connectivity index (χ4v) is 4.09. The van der Waals surface area contributed by atoms with Crippen molar-refractivity contribution in [2.45, 2.75) is 31.5 Å². The number of thioether (sulfide) groups is 1. The van der Waals surface area contributed by atoms with E-state index in [1.807, 2.05) is 11.8 Å². The van der Waals surface area contributed by atoms with Gasteiger partial charge in [-0.3, -0.25) is 14.2 Å². The zero-order valence-corrected chi connectivity index (χ0v) is 14.2. The van der Waals surface area contributed by atoms with E-state index in [1.165, 1.54) is 0 Å². The molecular weight excluding hydrogens is 300 g/mol. The van der Waals surface area contributed by atoms with Crippen molar-refractivity contribution in [3.05, 3.63) is 21.6 Å². The molecule has 0 unspecified atom stereocenters. The van der Waals surface area contributed by atoms with Crippen LogP contribution >= 0.6 is 11.8 Å². The van der Waals surface area contributed by atoms with Crippen molar-refractivity contribution in [2.75, 3.05) is 39.0 Å². The van der Waals surface area contributed by atoms with Gasteiger partial charge in [0.15, 0.2) is 5.16 Å². The van der Waals surface area contributed by atoms with Crippen LogP contribution in [-0.2, 0) is 4.79 Å². The number of fused-ring (bicyclic) bond motifs is 1. The molecule has 2 aliphatic rings. The van der Waals surface area contributed by atoms with Crippen molar-refractivity contribution in [2.24, 2.45) is 0 Å². The standard InChI is InChI=1S/C15H22N4O2S/c1-10-11(2)16-15-19(14(10)21)12(9-22-15)8-13(20)18-6-4-17(3)5-7-18/h12H,4-9H2,1-3H3/t12-/m0/s1. The second kappa shape index (κ2) is 6.04. The number of aromatic nitrogens is 2. The van der Waals surface area contributed by atoms with Gasteiger partial charge in [0.25, 0.3) is 5.56 Å². The fourth-order valence-electron chi connectivity index (χ4n) is 2.91. The lowest BCUT2D eigenvalue weighted by molar-refractivity contribution is -0.133. The maximum absolute atomic E-state index is 12.5. The molecule has 3 rings (SSSR count). The van der Waals surface area contributed by atoms with Gasteiger partial charge in [-0.15, -0.1) is 0 Å². The minimum atomic E-state index is -0.0635. The molecule has 0 N–H and O–H groups in total. The van der Waals surface area contributed by atoms with E-state index in [4.69, 9.17) is 0 Å². The summed E-state index contributed by atoms with van der Waals surface area (Å²) in [6.07, 6.45) is 0.397. The average Bonchev–Trinajstić information content (AvgIpc) is 2.88. The second-order valence-corrected chi connectivity index (χ2v) is 7.12. The number of likely N-dealkylation sites (N-methyl/N-ethyl adjacent to an activating group) is 1. The summed E-state index contributed by atoms with van der Waals surface area (Å²) in [5, 5.41) is 0.754. The molecule has 2 aliphatic heterocycles. The molecule has 0 spiro atoms. The number of aryl methyl sites for hydroxylation is 1. The lowest BCUT2D eigenvalue weighted by Gasteiger charge is -2.33. The zero-order chi connectivity index (χ0) is 15.9. The van der Waals surface area contributed by atoms with E-state index in [9.17, 15) is 9.59 Å². The Balaban J connectivity index is 1.75. The first-order valence-electron chi connectivity index (χ1n) is 7.66. The van der Waals surface area contributed by atoms with Gasteiger partial charge in [0.05, 0.1) is 6.04 Å². The Morgan fingerprint density at radius 1 is 1.27 bits per heavy atom. The SMILES string of the molecule is Cc1nc2n(c(=O)c1C)[C@@H](CC(=O)N1CCN(C)CC1)CS2. The molecule has 0 saturated carbocycles. The number of carbonyl (C=O) groups excluding carboxylic acids is 1. The van der Waals surface area contributed by atoms with Gasteiger partial charge in [-0.2, -0.15) is 0 Å². The van der Waals surface area contributed by atoms with Gasteiger partial charge in [-0.25, -0.2) is 4.98 Å². The third-order valence-electron chi connectivity index (χ3n) is 4.59. The minimum absolute atomic E-state index is 0.00341. The Hall–Kier alpha value is -1.34. The number of nitrogens with zero attached hydrogens (tertiary/aromatic N) is 4. The van der Waals surface area contributed by atoms with Gasteiger partial charge in [0.1, 0.15) is 0 Å². The van der Waals surface area contributed by atoms with Crippen LogP contribution in [0.1, 0.15) is 23.7 Å². The molecular formula is C15H22N4O2S. The molecule has 1 aromatic heterocycles. The van der Waals surface area contributed by atoms with Gasteiger partial charge in [-0.05, 0) is 20.9 Å². The molecule has 1 amide bonds. The number of carbonyl (C=O) groups is 1. The quantitative estimate of drug-likeness (QED) is 0.749. The summed E-state index contributed by atoms with van der Waals surface area (Å²) >= 11 is 1.57. The highest BCUT2D eigenvalue weighted by Crippen LogP contribution is 2.32. The van der Waals surface area contributed by atoms with E-state index in [1.54, 1.807) is 23.3 Å². The summed E-state index contributed by atoms with van der Waals surface area (Å²) in [6, 6.07) is -0.0635. The number of hydrogen-bond acceptors (Lipinski definition) is 5. The van der Waals surface area contributed by atoms with Crippen LogP contribution in [0.15, 0.2) is 9.95 Å². The van der Waals surface area contributed by atoms with E-state index < -0.39 is 0 Å². The molecule has 1 saturated heterocycles. The van der Waals surface area contributed by atoms with Crippen LogP contribution < -0.4 is 5.56 Å². The fraction of sp³-hybridized carbons (Fsp3) is 0.667. The van der Waals surface area contributed by atoms with Crippen LogP contribution in [0.5, 0.6) is 0 Å². The van der Waals surface area contributed by atoms with Gasteiger partial charge >= 0.3 is 0 Å². The second-order valence-electron chi connectivity index (χ2n) is 6.13. The lowest BCUT2D eigenvalue weighted by atomic mass is 10.2. The normalized spacial score (nSPS) is 22.0. The van der Waals surface area contributed by atoms with Gasteiger partial charge in [0.2, 0.25) is 5.91 Å². The van der Waals surface area contributed by atoms with Gasteiger partial charge < -0.3 is 9.80 Å². The Morgan fingerprint density at radius 3 is 2.64 bits per heavy atom. The van der Waals surface area contributed by atoms with Crippen LogP contribution in [0.2, 0.25) is 0 Å². The van der Waals surface area contributed by atoms with E-state index in [0.717, 1.165) is 42.8 Å². The molecule has 22 heavy (non-hydrogen) atoms. The maximum Gasteiger partial charge on any atom is 0.257 e. The van der Waals surface area contributed by atoms with Crippen LogP contribution in [0.4, 0.5) is 0 Å². The molecule has 120 valence electrons. The molecule has 1 aromatic rings. The first kappa shape index (κ1) is 15.6. The third kappa shape index (κ3) is 2.79. The van der Waals surface area contributed by atoms with Crippen molar-refractivity contribution in [1.29, 1.82) is 0 Å². The van der Waals surface area contributed by atoms with E-state index in [-0.39, 0.29) is 17.5 Å². The molecule has 0 aliphatic carbocycles. The highest BCUT2D eigenvalue weighted by atomic mass is 32.2. The average molecular weight is 322 g/mol. The van der Waals surface area contributed by atoms with Gasteiger partial charge in [-0.1, -0.05) is 11.8 Å². The zero-order valence-electron chi connectivity index (χ0n) is 13.3. The van der Waals surface area contributed by atoms with Crippen molar-refractivity contribution in [3.8, 4) is 0 Å². The maximum atomic E-state index is 12.5. The smallest absolute Gasteiger partial charge is 0.257 e. The van der Waals surface area contributed by atoms with E-state index >= 15 is 0 Å². The monoisotopic (exact) mass is 322 g/mol. The largest absolute Gasteiger partial charge is 0.340 e. The summed E-state index contributed by atoms with van der Waals surface area (Å²) in [5.41, 5.74) is 1.47. The Kier molecular flexibility index (Phi) is 4.27. The van der Waals surface area contributed by atoms with E-state index in [2.05, 4.69) is 16.9 Å². The Morgan fingerprint density at radius 2 is 1.95 bits per heavy atom. The van der Waals surface area contributed by atoms with Gasteiger partial charge in [0, 0.05) is 49.6 Å². The molecule has 6 nitrogen and oxygen atoms in total. The topological polar surface area (TPSA) is 58.4 Å². The number of hydrogen-bond donors (Lipinski definition) is 0. The highest BCUT2D eigenvalue weighted by Gasteiger charge is 2.30. The molecule has 0 aromatic carbocycles. The summed E-state index contributed by atoms with van der Waals surface area (Å²) in [6.45, 7) is 7.06. The van der Waals surface area contributed by atoms with Crippen LogP contribution in [0, 0.1) is 13.8 Å². The Bertz CT molecular complexity index is 650. The first-order chi connectivity index (χ1) is 10.5. The summed E-state index contributed by atoms with van der Waals surface area (Å²) < 4.78 is 1.72. The third-order valence-corrected chi connectivity index (χ3v) is 5.69.